The van der Waals surface area contributed by atoms with E-state index in [1.807, 2.05) is 20.8 Å². The van der Waals surface area contributed by atoms with Crippen molar-refractivity contribution >= 4 is 28.2 Å². The van der Waals surface area contributed by atoms with Gasteiger partial charge >= 0.3 is 5.97 Å². The van der Waals surface area contributed by atoms with Crippen LogP contribution in [0.15, 0.2) is 0 Å². The van der Waals surface area contributed by atoms with Gasteiger partial charge in [0.05, 0.1) is 12.2 Å². The van der Waals surface area contributed by atoms with Gasteiger partial charge in [0.15, 0.2) is 0 Å². The lowest BCUT2D eigenvalue weighted by atomic mass is 9.92. The van der Waals surface area contributed by atoms with Crippen molar-refractivity contribution in [1.82, 2.24) is 0 Å². The number of carbonyl (C=O) groups excluding carboxylic acids is 2. The van der Waals surface area contributed by atoms with E-state index in [9.17, 15) is 9.59 Å². The van der Waals surface area contributed by atoms with Gasteiger partial charge in [-0.25, -0.2) is 4.79 Å². The van der Waals surface area contributed by atoms with E-state index in [0.717, 1.165) is 31.2 Å². The molecule has 1 heterocycles. The maximum Gasteiger partial charge on any atom is 0.341 e. The van der Waals surface area contributed by atoms with Crippen LogP contribution in [0.2, 0.25) is 0 Å². The molecule has 22 heavy (non-hydrogen) atoms. The lowest BCUT2D eigenvalue weighted by molar-refractivity contribution is -0.117. The molecule has 1 amide bonds. The number of hydrogen-bond donors (Lipinski definition) is 1. The van der Waals surface area contributed by atoms with Crippen LogP contribution in [-0.4, -0.2) is 18.5 Å². The molecule has 0 bridgehead atoms. The van der Waals surface area contributed by atoms with E-state index in [0.29, 0.717) is 23.6 Å². The molecule has 1 aromatic heterocycles. The number of carbonyl (C=O) groups is 2. The first-order valence-corrected chi connectivity index (χ1v) is 8.75. The summed E-state index contributed by atoms with van der Waals surface area (Å²) >= 11 is 1.54. The summed E-state index contributed by atoms with van der Waals surface area (Å²) in [6, 6.07) is 0. The first-order valence-electron chi connectivity index (χ1n) is 7.93. The summed E-state index contributed by atoms with van der Waals surface area (Å²) in [5.74, 6) is -0.357. The Morgan fingerprint density at radius 2 is 1.91 bits per heavy atom. The third-order valence-corrected chi connectivity index (χ3v) is 4.80. The van der Waals surface area contributed by atoms with Crippen molar-refractivity contribution in [3.63, 3.8) is 0 Å². The molecule has 0 aromatic carbocycles. The predicted molar refractivity (Wildman–Crippen MR) is 89.6 cm³/mol. The van der Waals surface area contributed by atoms with Crippen molar-refractivity contribution in [2.75, 3.05) is 11.9 Å². The Balaban J connectivity index is 2.28. The Kier molecular flexibility index (Phi) is 5.27. The average molecular weight is 323 g/mol. The second kappa shape index (κ2) is 6.82. The van der Waals surface area contributed by atoms with E-state index in [2.05, 4.69) is 5.32 Å². The minimum absolute atomic E-state index is 0.0448. The lowest BCUT2D eigenvalue weighted by Crippen LogP contribution is -2.20. The molecule has 4 nitrogen and oxygen atoms in total. The van der Waals surface area contributed by atoms with Crippen molar-refractivity contribution in [3.05, 3.63) is 16.0 Å². The van der Waals surface area contributed by atoms with Crippen molar-refractivity contribution in [2.45, 2.75) is 59.8 Å². The van der Waals surface area contributed by atoms with Crippen molar-refractivity contribution in [1.29, 1.82) is 0 Å². The number of aryl methyl sites for hydroxylation is 1. The summed E-state index contributed by atoms with van der Waals surface area (Å²) in [5.41, 5.74) is 1.59. The van der Waals surface area contributed by atoms with Crippen molar-refractivity contribution in [3.8, 4) is 0 Å². The van der Waals surface area contributed by atoms with E-state index in [1.165, 1.54) is 16.2 Å². The van der Waals surface area contributed by atoms with E-state index in [-0.39, 0.29) is 17.3 Å². The number of fused-ring (bicyclic) bond motifs is 1. The smallest absolute Gasteiger partial charge is 0.341 e. The van der Waals surface area contributed by atoms with Crippen LogP contribution in [0.3, 0.4) is 0 Å². The molecule has 122 valence electrons. The first kappa shape index (κ1) is 17.0. The van der Waals surface area contributed by atoms with Gasteiger partial charge in [0, 0.05) is 11.3 Å². The largest absolute Gasteiger partial charge is 0.462 e. The van der Waals surface area contributed by atoms with Crippen LogP contribution in [0.25, 0.3) is 0 Å². The number of ether oxygens (including phenoxy) is 1. The van der Waals surface area contributed by atoms with Gasteiger partial charge in [0.1, 0.15) is 5.00 Å². The molecular weight excluding hydrogens is 298 g/mol. The monoisotopic (exact) mass is 323 g/mol. The van der Waals surface area contributed by atoms with Gasteiger partial charge < -0.3 is 10.1 Å². The Hall–Kier alpha value is -1.36. The van der Waals surface area contributed by atoms with Crippen LogP contribution in [0.1, 0.15) is 67.8 Å². The molecule has 0 fully saturated rings. The molecule has 1 aliphatic carbocycles. The molecule has 0 saturated carbocycles. The molecule has 0 atom stereocenters. The second-order valence-electron chi connectivity index (χ2n) is 6.92. The minimum Gasteiger partial charge on any atom is -0.462 e. The highest BCUT2D eigenvalue weighted by molar-refractivity contribution is 7.17. The Bertz CT molecular complexity index is 569. The standard InChI is InChI=1S/C17H25NO3S/c1-5-21-16(20)14-11-8-6-7-9-12(11)22-15(14)18-13(19)10-17(2,3)4/h5-10H2,1-4H3,(H,18,19). The highest BCUT2D eigenvalue weighted by Gasteiger charge is 2.27. The Morgan fingerprint density at radius 3 is 2.55 bits per heavy atom. The molecule has 1 N–H and O–H groups in total. The number of nitrogens with one attached hydrogen (secondary N) is 1. The summed E-state index contributed by atoms with van der Waals surface area (Å²) in [7, 11) is 0. The molecule has 5 heteroatoms. The first-order chi connectivity index (χ1) is 10.3. The van der Waals surface area contributed by atoms with E-state index < -0.39 is 0 Å². The highest BCUT2D eigenvalue weighted by Crippen LogP contribution is 2.39. The van der Waals surface area contributed by atoms with Crippen LogP contribution < -0.4 is 5.32 Å². The summed E-state index contributed by atoms with van der Waals surface area (Å²) in [5, 5.41) is 3.61. The van der Waals surface area contributed by atoms with Gasteiger partial charge in [-0.05, 0) is 43.6 Å². The average Bonchev–Trinajstić information content (AvgIpc) is 2.74. The summed E-state index contributed by atoms with van der Waals surface area (Å²) in [6.45, 7) is 8.22. The zero-order chi connectivity index (χ0) is 16.3. The summed E-state index contributed by atoms with van der Waals surface area (Å²) in [4.78, 5) is 25.7. The SMILES string of the molecule is CCOC(=O)c1c(NC(=O)CC(C)(C)C)sc2c1CCCC2. The predicted octanol–water partition coefficient (Wildman–Crippen LogP) is 4.18. The van der Waals surface area contributed by atoms with Crippen molar-refractivity contribution < 1.29 is 14.3 Å². The molecule has 0 saturated heterocycles. The fourth-order valence-corrected chi connectivity index (χ4v) is 4.02. The van der Waals surface area contributed by atoms with Gasteiger partial charge in [-0.15, -0.1) is 11.3 Å². The van der Waals surface area contributed by atoms with E-state index in [4.69, 9.17) is 4.74 Å². The lowest BCUT2D eigenvalue weighted by Gasteiger charge is -2.17. The van der Waals surface area contributed by atoms with Crippen LogP contribution >= 0.6 is 11.3 Å². The number of rotatable bonds is 4. The minimum atomic E-state index is -0.312. The van der Waals surface area contributed by atoms with Crippen LogP contribution in [-0.2, 0) is 22.4 Å². The molecule has 0 aliphatic heterocycles. The van der Waals surface area contributed by atoms with Crippen LogP contribution in [0.5, 0.6) is 0 Å². The fraction of sp³-hybridized carbons (Fsp3) is 0.647. The normalized spacial score (nSPS) is 14.4. The second-order valence-corrected chi connectivity index (χ2v) is 8.03. The summed E-state index contributed by atoms with van der Waals surface area (Å²) in [6.07, 6.45) is 4.55. The van der Waals surface area contributed by atoms with Gasteiger partial charge in [-0.3, -0.25) is 4.79 Å². The van der Waals surface area contributed by atoms with Gasteiger partial charge in [0.2, 0.25) is 5.91 Å². The van der Waals surface area contributed by atoms with Gasteiger partial charge in [0.25, 0.3) is 0 Å². The fourth-order valence-electron chi connectivity index (χ4n) is 2.73. The molecule has 0 spiro atoms. The number of esters is 1. The summed E-state index contributed by atoms with van der Waals surface area (Å²) < 4.78 is 5.19. The maximum atomic E-state index is 12.3. The Labute approximate surface area is 136 Å². The van der Waals surface area contributed by atoms with Crippen LogP contribution in [0, 0.1) is 5.41 Å². The molecule has 0 unspecified atom stereocenters. The van der Waals surface area contributed by atoms with Gasteiger partial charge in [-0.2, -0.15) is 0 Å². The molecule has 1 aromatic rings. The van der Waals surface area contributed by atoms with Crippen molar-refractivity contribution in [2.24, 2.45) is 5.41 Å². The highest BCUT2D eigenvalue weighted by atomic mass is 32.1. The molecule has 0 radical (unpaired) electrons. The molecular formula is C17H25NO3S. The van der Waals surface area contributed by atoms with Crippen LogP contribution in [0.4, 0.5) is 5.00 Å². The maximum absolute atomic E-state index is 12.3. The zero-order valence-electron chi connectivity index (χ0n) is 13.9. The molecule has 1 aliphatic rings. The Morgan fingerprint density at radius 1 is 1.23 bits per heavy atom. The van der Waals surface area contributed by atoms with E-state index >= 15 is 0 Å². The number of anilines is 1. The third-order valence-electron chi connectivity index (χ3n) is 3.59. The molecule has 2 rings (SSSR count). The van der Waals surface area contributed by atoms with Gasteiger partial charge in [-0.1, -0.05) is 20.8 Å². The number of thiophene rings is 1. The quantitative estimate of drug-likeness (QED) is 0.846. The number of hydrogen-bond acceptors (Lipinski definition) is 4. The third kappa shape index (κ3) is 4.09. The number of amides is 1. The van der Waals surface area contributed by atoms with E-state index in [1.54, 1.807) is 6.92 Å². The topological polar surface area (TPSA) is 55.4 Å². The zero-order valence-corrected chi connectivity index (χ0v) is 14.7.